The molecule has 1 unspecified atom stereocenters. The highest BCUT2D eigenvalue weighted by atomic mass is 79.9. The van der Waals surface area contributed by atoms with Crippen molar-refractivity contribution in [2.75, 3.05) is 7.11 Å². The Kier molecular flexibility index (Phi) is 5.61. The number of benzene rings is 2. The van der Waals surface area contributed by atoms with Crippen LogP contribution in [0, 0.1) is 0 Å². The van der Waals surface area contributed by atoms with E-state index in [0.717, 1.165) is 15.6 Å². The number of rotatable bonds is 4. The van der Waals surface area contributed by atoms with E-state index in [1.807, 2.05) is 61.5 Å². The Bertz CT molecular complexity index is 947. The molecule has 0 spiro atoms. The number of carbonyl (C=O) groups excluding carboxylic acids is 2. The van der Waals surface area contributed by atoms with E-state index < -0.39 is 5.97 Å². The third-order valence-electron chi connectivity index (χ3n) is 4.66. The summed E-state index contributed by atoms with van der Waals surface area (Å²) >= 11 is 3.43. The monoisotopic (exact) mass is 425 g/mol. The number of allylic oxidation sites excluding steroid dienone is 1. The number of halogens is 1. The Balaban J connectivity index is 2.09. The van der Waals surface area contributed by atoms with Gasteiger partial charge in [-0.25, -0.2) is 4.79 Å². The molecule has 0 radical (unpaired) electrons. The van der Waals surface area contributed by atoms with Gasteiger partial charge in [-0.2, -0.15) is 0 Å². The normalized spacial score (nSPS) is 16.8. The summed E-state index contributed by atoms with van der Waals surface area (Å²) in [7, 11) is 1.33. The van der Waals surface area contributed by atoms with Crippen molar-refractivity contribution < 1.29 is 14.3 Å². The van der Waals surface area contributed by atoms with Gasteiger partial charge < -0.3 is 9.64 Å². The van der Waals surface area contributed by atoms with Crippen LogP contribution in [0.2, 0.25) is 0 Å². The third-order valence-corrected chi connectivity index (χ3v) is 5.15. The average molecular weight is 426 g/mol. The molecule has 2 aromatic carbocycles. The zero-order valence-electron chi connectivity index (χ0n) is 15.4. The SMILES string of the molecule is COC(=O)C1=C(C)N(C(C)c2ccccc2)C(=O)/C1=C\c1cccc(Br)c1. The summed E-state index contributed by atoms with van der Waals surface area (Å²) in [6.07, 6.45) is 1.74. The van der Waals surface area contributed by atoms with Crippen molar-refractivity contribution in [3.05, 3.63) is 87.0 Å². The van der Waals surface area contributed by atoms with Gasteiger partial charge in [0.15, 0.2) is 0 Å². The van der Waals surface area contributed by atoms with Gasteiger partial charge in [-0.05, 0) is 43.2 Å². The molecule has 4 nitrogen and oxygen atoms in total. The lowest BCUT2D eigenvalue weighted by atomic mass is 10.0. The van der Waals surface area contributed by atoms with Gasteiger partial charge in [0, 0.05) is 10.2 Å². The summed E-state index contributed by atoms with van der Waals surface area (Å²) in [5.41, 5.74) is 3.09. The fourth-order valence-corrected chi connectivity index (χ4v) is 3.72. The standard InChI is InChI=1S/C22H20BrNO3/c1-14(17-9-5-4-6-10-17)24-15(2)20(22(26)27-3)19(21(24)25)13-16-8-7-11-18(23)12-16/h4-14H,1-3H3/b19-13-. The van der Waals surface area contributed by atoms with Gasteiger partial charge in [-0.3, -0.25) is 4.79 Å². The lowest BCUT2D eigenvalue weighted by Crippen LogP contribution is -2.28. The van der Waals surface area contributed by atoms with Crippen molar-refractivity contribution in [3.8, 4) is 0 Å². The molecule has 0 saturated heterocycles. The first kappa shape index (κ1) is 19.1. The third kappa shape index (κ3) is 3.74. The Morgan fingerprint density at radius 1 is 1.15 bits per heavy atom. The lowest BCUT2D eigenvalue weighted by molar-refractivity contribution is -0.136. The second-order valence-electron chi connectivity index (χ2n) is 6.33. The molecule has 1 amide bonds. The number of carbonyl (C=O) groups is 2. The van der Waals surface area contributed by atoms with Crippen LogP contribution in [0.5, 0.6) is 0 Å². The maximum atomic E-state index is 13.2. The predicted molar refractivity (Wildman–Crippen MR) is 109 cm³/mol. The van der Waals surface area contributed by atoms with Gasteiger partial charge in [-0.15, -0.1) is 0 Å². The van der Waals surface area contributed by atoms with Crippen molar-refractivity contribution in [1.82, 2.24) is 4.90 Å². The second kappa shape index (κ2) is 7.92. The molecule has 2 aromatic rings. The van der Waals surface area contributed by atoms with Crippen LogP contribution in [0.3, 0.4) is 0 Å². The minimum absolute atomic E-state index is 0.202. The summed E-state index contributed by atoms with van der Waals surface area (Å²) in [5, 5.41) is 0. The number of ether oxygens (including phenoxy) is 1. The highest BCUT2D eigenvalue weighted by Gasteiger charge is 2.39. The van der Waals surface area contributed by atoms with Crippen LogP contribution in [-0.2, 0) is 14.3 Å². The summed E-state index contributed by atoms with van der Waals surface area (Å²) in [6.45, 7) is 3.74. The van der Waals surface area contributed by atoms with E-state index in [1.54, 1.807) is 17.9 Å². The second-order valence-corrected chi connectivity index (χ2v) is 7.24. The van der Waals surface area contributed by atoms with Gasteiger partial charge in [0.2, 0.25) is 0 Å². The molecule has 1 atom stereocenters. The van der Waals surface area contributed by atoms with Crippen LogP contribution in [0.25, 0.3) is 6.08 Å². The Morgan fingerprint density at radius 2 is 1.85 bits per heavy atom. The quantitative estimate of drug-likeness (QED) is 0.517. The number of amides is 1. The predicted octanol–water partition coefficient (Wildman–Crippen LogP) is 4.88. The Morgan fingerprint density at radius 3 is 2.48 bits per heavy atom. The minimum Gasteiger partial charge on any atom is -0.465 e. The maximum absolute atomic E-state index is 13.2. The largest absolute Gasteiger partial charge is 0.465 e. The van der Waals surface area contributed by atoms with E-state index in [4.69, 9.17) is 4.74 Å². The zero-order chi connectivity index (χ0) is 19.6. The molecule has 0 aromatic heterocycles. The highest BCUT2D eigenvalue weighted by molar-refractivity contribution is 9.10. The van der Waals surface area contributed by atoms with Gasteiger partial charge in [0.05, 0.1) is 24.3 Å². The van der Waals surface area contributed by atoms with E-state index in [1.165, 1.54) is 7.11 Å². The van der Waals surface area contributed by atoms with Crippen molar-refractivity contribution in [1.29, 1.82) is 0 Å². The smallest absolute Gasteiger partial charge is 0.340 e. The molecule has 0 saturated carbocycles. The van der Waals surface area contributed by atoms with Gasteiger partial charge in [0.1, 0.15) is 0 Å². The van der Waals surface area contributed by atoms with Gasteiger partial charge in [0.25, 0.3) is 5.91 Å². The van der Waals surface area contributed by atoms with Crippen molar-refractivity contribution >= 4 is 33.9 Å². The molecule has 1 aliphatic heterocycles. The first-order valence-corrected chi connectivity index (χ1v) is 9.38. The van der Waals surface area contributed by atoms with E-state index >= 15 is 0 Å². The van der Waals surface area contributed by atoms with Crippen LogP contribution >= 0.6 is 15.9 Å². The van der Waals surface area contributed by atoms with Crippen LogP contribution in [0.15, 0.2) is 75.9 Å². The highest BCUT2D eigenvalue weighted by Crippen LogP contribution is 2.37. The molecule has 3 rings (SSSR count). The summed E-state index contributed by atoms with van der Waals surface area (Å²) < 4.78 is 5.85. The number of methoxy groups -OCH3 is 1. The molecule has 0 bridgehead atoms. The van der Waals surface area contributed by atoms with E-state index in [0.29, 0.717) is 16.8 Å². The topological polar surface area (TPSA) is 46.6 Å². The van der Waals surface area contributed by atoms with Crippen molar-refractivity contribution in [3.63, 3.8) is 0 Å². The number of hydrogen-bond acceptors (Lipinski definition) is 3. The molecule has 0 N–H and O–H groups in total. The van der Waals surface area contributed by atoms with E-state index in [9.17, 15) is 9.59 Å². The minimum atomic E-state index is -0.509. The maximum Gasteiger partial charge on any atom is 0.340 e. The van der Waals surface area contributed by atoms with Crippen molar-refractivity contribution in [2.24, 2.45) is 0 Å². The molecule has 27 heavy (non-hydrogen) atoms. The molecule has 5 heteroatoms. The first-order chi connectivity index (χ1) is 12.9. The van der Waals surface area contributed by atoms with E-state index in [-0.39, 0.29) is 11.9 Å². The Labute approximate surface area is 167 Å². The zero-order valence-corrected chi connectivity index (χ0v) is 17.0. The van der Waals surface area contributed by atoms with E-state index in [2.05, 4.69) is 15.9 Å². The molecule has 0 aliphatic carbocycles. The molecule has 1 heterocycles. The summed E-state index contributed by atoms with van der Waals surface area (Å²) in [5.74, 6) is -0.714. The lowest BCUT2D eigenvalue weighted by Gasteiger charge is -2.26. The number of nitrogens with zero attached hydrogens (tertiary/aromatic N) is 1. The molecule has 1 aliphatic rings. The number of hydrogen-bond donors (Lipinski definition) is 0. The van der Waals surface area contributed by atoms with Gasteiger partial charge >= 0.3 is 5.97 Å². The summed E-state index contributed by atoms with van der Waals surface area (Å²) in [4.78, 5) is 27.3. The van der Waals surface area contributed by atoms with Crippen LogP contribution < -0.4 is 0 Å². The average Bonchev–Trinajstić information content (AvgIpc) is 2.91. The van der Waals surface area contributed by atoms with Crippen LogP contribution in [-0.4, -0.2) is 23.9 Å². The molecule has 138 valence electrons. The molecular formula is C22H20BrNO3. The summed E-state index contributed by atoms with van der Waals surface area (Å²) in [6, 6.07) is 17.1. The molecule has 0 fully saturated rings. The number of esters is 1. The van der Waals surface area contributed by atoms with Crippen LogP contribution in [0.1, 0.15) is 31.0 Å². The Hall–Kier alpha value is -2.66. The first-order valence-electron chi connectivity index (χ1n) is 8.59. The van der Waals surface area contributed by atoms with Crippen molar-refractivity contribution in [2.45, 2.75) is 19.9 Å². The fraction of sp³-hybridized carbons (Fsp3) is 0.182. The van der Waals surface area contributed by atoms with Gasteiger partial charge in [-0.1, -0.05) is 58.4 Å². The fourth-order valence-electron chi connectivity index (χ4n) is 3.31. The van der Waals surface area contributed by atoms with Crippen LogP contribution in [0.4, 0.5) is 0 Å². The molecular weight excluding hydrogens is 406 g/mol.